The quantitative estimate of drug-likeness (QED) is 0.571. The monoisotopic (exact) mass is 380 g/mol. The molecule has 0 aromatic heterocycles. The van der Waals surface area contributed by atoms with Crippen molar-refractivity contribution in [3.63, 3.8) is 0 Å². The van der Waals surface area contributed by atoms with Crippen LogP contribution < -0.4 is 4.72 Å². The second-order valence-electron chi connectivity index (χ2n) is 4.55. The van der Waals surface area contributed by atoms with Crippen molar-refractivity contribution >= 4 is 37.6 Å². The van der Waals surface area contributed by atoms with Crippen molar-refractivity contribution in [1.29, 1.82) is 0 Å². The Bertz CT molecular complexity index is 673. The molecule has 0 aliphatic carbocycles. The Morgan fingerprint density at radius 3 is 2.43 bits per heavy atom. The van der Waals surface area contributed by atoms with E-state index in [-0.39, 0.29) is 0 Å². The van der Waals surface area contributed by atoms with E-state index in [2.05, 4.69) is 15.9 Å². The molecule has 0 saturated carbocycles. The van der Waals surface area contributed by atoms with Gasteiger partial charge in [0, 0.05) is 10.5 Å². The number of hydrogen-bond acceptors (Lipinski definition) is 5. The van der Waals surface area contributed by atoms with Crippen LogP contribution in [0.2, 0.25) is 0 Å². The summed E-state index contributed by atoms with van der Waals surface area (Å²) < 4.78 is 26.7. The largest absolute Gasteiger partial charge is 0.480 e. The van der Waals surface area contributed by atoms with E-state index in [4.69, 9.17) is 5.11 Å². The number of halogens is 1. The predicted molar refractivity (Wildman–Crippen MR) is 77.4 cm³/mol. The van der Waals surface area contributed by atoms with E-state index in [1.165, 1.54) is 19.9 Å². The third-order valence-corrected chi connectivity index (χ3v) is 4.60. The normalized spacial score (nSPS) is 13.1. The number of hydrogen-bond donors (Lipinski definition) is 2. The zero-order chi connectivity index (χ0) is 16.4. The minimum absolute atomic E-state index is 0.340. The van der Waals surface area contributed by atoms with Crippen molar-refractivity contribution < 1.29 is 23.2 Å². The summed E-state index contributed by atoms with van der Waals surface area (Å²) in [6, 6.07) is 2.04. The van der Waals surface area contributed by atoms with Gasteiger partial charge in [0.25, 0.3) is 5.69 Å². The number of rotatable bonds is 6. The molecule has 1 aromatic rings. The van der Waals surface area contributed by atoms with Gasteiger partial charge in [-0.1, -0.05) is 29.8 Å². The summed E-state index contributed by atoms with van der Waals surface area (Å²) in [4.78, 5) is 20.6. The van der Waals surface area contributed by atoms with E-state index in [9.17, 15) is 23.3 Å². The lowest BCUT2D eigenvalue weighted by Crippen LogP contribution is -2.44. The number of carboxylic acid groups (broad SMARTS) is 1. The highest BCUT2D eigenvalue weighted by Crippen LogP contribution is 2.27. The maximum Gasteiger partial charge on any atom is 0.322 e. The Hall–Kier alpha value is -1.52. The number of nitro groups is 1. The third kappa shape index (κ3) is 4.22. The first-order valence-electron chi connectivity index (χ1n) is 5.75. The van der Waals surface area contributed by atoms with E-state index in [0.29, 0.717) is 4.47 Å². The molecule has 1 aromatic carbocycles. The number of nitro benzene ring substituents is 1. The second-order valence-corrected chi connectivity index (χ2v) is 7.15. The van der Waals surface area contributed by atoms with Crippen LogP contribution in [0.5, 0.6) is 0 Å². The van der Waals surface area contributed by atoms with Crippen LogP contribution in [0.25, 0.3) is 0 Å². The Morgan fingerprint density at radius 1 is 1.43 bits per heavy atom. The molecule has 0 bridgehead atoms. The van der Waals surface area contributed by atoms with Gasteiger partial charge in [0.2, 0.25) is 10.0 Å². The maximum absolute atomic E-state index is 12.2. The van der Waals surface area contributed by atoms with Crippen molar-refractivity contribution in [3.8, 4) is 0 Å². The van der Waals surface area contributed by atoms with Gasteiger partial charge in [-0.25, -0.2) is 8.42 Å². The molecule has 8 nitrogen and oxygen atoms in total. The first-order chi connectivity index (χ1) is 9.56. The fourth-order valence-electron chi connectivity index (χ4n) is 1.56. The number of carboxylic acids is 1. The fraction of sp³-hybridized carbons (Fsp3) is 0.364. The van der Waals surface area contributed by atoms with Crippen LogP contribution in [0.15, 0.2) is 27.6 Å². The van der Waals surface area contributed by atoms with Crippen LogP contribution in [0.4, 0.5) is 5.69 Å². The molecule has 1 atom stereocenters. The molecule has 1 unspecified atom stereocenters. The molecule has 1 rings (SSSR count). The molecule has 0 spiro atoms. The Balaban J connectivity index is 3.32. The highest BCUT2D eigenvalue weighted by Gasteiger charge is 2.32. The van der Waals surface area contributed by atoms with Crippen LogP contribution in [0.1, 0.15) is 13.8 Å². The molecule has 0 aliphatic heterocycles. The standard InChI is InChI=1S/C11H13BrN2O6S/c1-6(2)10(11(15)16)13-21(19,20)9-4-3-7(12)5-8(9)14(17)18/h3-6,10,13H,1-2H3,(H,15,16). The molecule has 0 fully saturated rings. The zero-order valence-electron chi connectivity index (χ0n) is 11.1. The van der Waals surface area contributed by atoms with Gasteiger partial charge in [0.1, 0.15) is 6.04 Å². The number of sulfonamides is 1. The molecule has 10 heteroatoms. The fourth-order valence-corrected chi connectivity index (χ4v) is 3.40. The maximum atomic E-state index is 12.2. The van der Waals surface area contributed by atoms with Crippen molar-refractivity contribution in [2.24, 2.45) is 5.92 Å². The van der Waals surface area contributed by atoms with Crippen LogP contribution in [-0.2, 0) is 14.8 Å². The predicted octanol–water partition coefficient (Wildman–Crippen LogP) is 1.74. The average molecular weight is 381 g/mol. The smallest absolute Gasteiger partial charge is 0.322 e. The van der Waals surface area contributed by atoms with Gasteiger partial charge in [-0.15, -0.1) is 0 Å². The Morgan fingerprint density at radius 2 is 2.00 bits per heavy atom. The van der Waals surface area contributed by atoms with E-state index in [1.807, 2.05) is 4.72 Å². The molecule has 0 saturated heterocycles. The van der Waals surface area contributed by atoms with Gasteiger partial charge in [-0.3, -0.25) is 14.9 Å². The van der Waals surface area contributed by atoms with Crippen LogP contribution in [-0.4, -0.2) is 30.5 Å². The van der Waals surface area contributed by atoms with Crippen molar-refractivity contribution in [1.82, 2.24) is 4.72 Å². The summed E-state index contributed by atoms with van der Waals surface area (Å²) in [5.41, 5.74) is -0.634. The van der Waals surface area contributed by atoms with Gasteiger partial charge < -0.3 is 5.11 Å². The summed E-state index contributed by atoms with van der Waals surface area (Å²) in [5.74, 6) is -1.87. The molecule has 21 heavy (non-hydrogen) atoms. The van der Waals surface area contributed by atoms with Crippen LogP contribution >= 0.6 is 15.9 Å². The number of benzene rings is 1. The Labute approximate surface area is 129 Å². The molecule has 0 heterocycles. The summed E-state index contributed by atoms with van der Waals surface area (Å²) >= 11 is 3.01. The minimum atomic E-state index is -4.34. The van der Waals surface area contributed by atoms with Gasteiger partial charge in [-0.05, 0) is 18.1 Å². The van der Waals surface area contributed by atoms with Gasteiger partial charge in [0.15, 0.2) is 4.90 Å². The first-order valence-corrected chi connectivity index (χ1v) is 8.03. The van der Waals surface area contributed by atoms with Crippen molar-refractivity contribution in [2.75, 3.05) is 0 Å². The number of carbonyl (C=O) groups is 1. The SMILES string of the molecule is CC(C)C(NS(=O)(=O)c1ccc(Br)cc1[N+](=O)[O-])C(=O)O. The summed E-state index contributed by atoms with van der Waals surface area (Å²) in [5, 5.41) is 20.0. The molecule has 0 radical (unpaired) electrons. The lowest BCUT2D eigenvalue weighted by Gasteiger charge is -2.17. The molecular formula is C11H13BrN2O6S. The molecular weight excluding hydrogens is 368 g/mol. The second kappa shape index (κ2) is 6.50. The minimum Gasteiger partial charge on any atom is -0.480 e. The number of nitrogens with one attached hydrogen (secondary N) is 1. The summed E-state index contributed by atoms with van der Waals surface area (Å²) in [6.07, 6.45) is 0. The number of aliphatic carboxylic acids is 1. The topological polar surface area (TPSA) is 127 Å². The first kappa shape index (κ1) is 17.5. The lowest BCUT2D eigenvalue weighted by atomic mass is 10.1. The number of nitrogens with zero attached hydrogens (tertiary/aromatic N) is 1. The molecule has 116 valence electrons. The van der Waals surface area contributed by atoms with Gasteiger partial charge in [0.05, 0.1) is 4.92 Å². The van der Waals surface area contributed by atoms with Crippen LogP contribution in [0, 0.1) is 16.0 Å². The third-order valence-electron chi connectivity index (χ3n) is 2.62. The van der Waals surface area contributed by atoms with E-state index >= 15 is 0 Å². The highest BCUT2D eigenvalue weighted by atomic mass is 79.9. The van der Waals surface area contributed by atoms with E-state index in [1.54, 1.807) is 0 Å². The van der Waals surface area contributed by atoms with Gasteiger partial charge in [-0.2, -0.15) is 4.72 Å². The molecule has 0 aliphatic rings. The lowest BCUT2D eigenvalue weighted by molar-refractivity contribution is -0.387. The van der Waals surface area contributed by atoms with Crippen molar-refractivity contribution in [3.05, 3.63) is 32.8 Å². The zero-order valence-corrected chi connectivity index (χ0v) is 13.5. The van der Waals surface area contributed by atoms with Gasteiger partial charge >= 0.3 is 5.97 Å². The summed E-state index contributed by atoms with van der Waals surface area (Å²) in [7, 11) is -4.34. The molecule has 0 amide bonds. The Kier molecular flexibility index (Phi) is 5.42. The van der Waals surface area contributed by atoms with Crippen molar-refractivity contribution in [2.45, 2.75) is 24.8 Å². The van der Waals surface area contributed by atoms with Crippen LogP contribution in [0.3, 0.4) is 0 Å². The summed E-state index contributed by atoms with van der Waals surface area (Å²) in [6.45, 7) is 3.05. The van der Waals surface area contributed by atoms with E-state index < -0.39 is 43.5 Å². The molecule has 2 N–H and O–H groups in total. The average Bonchev–Trinajstić information content (AvgIpc) is 2.34. The highest BCUT2D eigenvalue weighted by molar-refractivity contribution is 9.10. The van der Waals surface area contributed by atoms with E-state index in [0.717, 1.165) is 12.1 Å².